The Labute approximate surface area is 112 Å². The number of fused-ring (bicyclic) bond motifs is 1. The molecule has 6 heteroatoms. The predicted octanol–water partition coefficient (Wildman–Crippen LogP) is 1.91. The van der Waals surface area contributed by atoms with Gasteiger partial charge in [0, 0.05) is 17.1 Å². The molecular formula is C12H17ClN4O. The number of aromatic amines is 1. The van der Waals surface area contributed by atoms with E-state index in [9.17, 15) is 4.79 Å². The average Bonchev–Trinajstić information content (AvgIpc) is 2.74. The fraction of sp³-hybridized carbons (Fsp3) is 0.333. The van der Waals surface area contributed by atoms with Crippen molar-refractivity contribution in [2.24, 2.45) is 11.7 Å². The van der Waals surface area contributed by atoms with E-state index in [1.54, 1.807) is 6.20 Å². The van der Waals surface area contributed by atoms with Crippen LogP contribution in [0.25, 0.3) is 10.9 Å². The second-order valence-corrected chi connectivity index (χ2v) is 4.31. The Kier molecular flexibility index (Phi) is 4.69. The summed E-state index contributed by atoms with van der Waals surface area (Å²) < 4.78 is 0. The molecule has 0 bridgehead atoms. The van der Waals surface area contributed by atoms with Crippen molar-refractivity contribution in [3.05, 3.63) is 24.4 Å². The molecule has 0 aliphatic rings. The molecule has 0 fully saturated rings. The van der Waals surface area contributed by atoms with Crippen LogP contribution in [0, 0.1) is 5.92 Å². The maximum atomic E-state index is 11.8. The second-order valence-electron chi connectivity index (χ2n) is 4.31. The van der Waals surface area contributed by atoms with Crippen molar-refractivity contribution in [1.29, 1.82) is 0 Å². The summed E-state index contributed by atoms with van der Waals surface area (Å²) >= 11 is 0. The van der Waals surface area contributed by atoms with Gasteiger partial charge in [0.05, 0.1) is 17.6 Å². The van der Waals surface area contributed by atoms with Gasteiger partial charge in [-0.3, -0.25) is 9.89 Å². The highest BCUT2D eigenvalue weighted by Crippen LogP contribution is 2.17. The predicted molar refractivity (Wildman–Crippen MR) is 74.8 cm³/mol. The number of carbonyl (C=O) groups is 1. The molecule has 1 heterocycles. The number of hydrogen-bond acceptors (Lipinski definition) is 3. The molecule has 2 atom stereocenters. The third kappa shape index (κ3) is 3.00. The van der Waals surface area contributed by atoms with Crippen molar-refractivity contribution in [3.8, 4) is 0 Å². The monoisotopic (exact) mass is 268 g/mol. The van der Waals surface area contributed by atoms with Crippen LogP contribution < -0.4 is 11.1 Å². The van der Waals surface area contributed by atoms with Gasteiger partial charge in [-0.25, -0.2) is 0 Å². The molecule has 0 spiro atoms. The number of halogens is 1. The van der Waals surface area contributed by atoms with E-state index in [0.717, 1.165) is 16.6 Å². The second kappa shape index (κ2) is 5.84. The lowest BCUT2D eigenvalue weighted by Gasteiger charge is -2.15. The van der Waals surface area contributed by atoms with Gasteiger partial charge < -0.3 is 11.1 Å². The van der Waals surface area contributed by atoms with E-state index in [2.05, 4.69) is 15.5 Å². The molecule has 2 unspecified atom stereocenters. The number of H-pyrrole nitrogens is 1. The van der Waals surface area contributed by atoms with Crippen LogP contribution in [0.1, 0.15) is 13.8 Å². The lowest BCUT2D eigenvalue weighted by atomic mass is 10.0. The summed E-state index contributed by atoms with van der Waals surface area (Å²) in [5.74, 6) is -0.286. The van der Waals surface area contributed by atoms with Gasteiger partial charge in [0.25, 0.3) is 0 Å². The first-order valence-corrected chi connectivity index (χ1v) is 5.57. The molecule has 0 saturated carbocycles. The van der Waals surface area contributed by atoms with Crippen molar-refractivity contribution in [2.45, 2.75) is 19.9 Å². The van der Waals surface area contributed by atoms with Crippen molar-refractivity contribution < 1.29 is 4.79 Å². The Hall–Kier alpha value is -1.59. The molecular weight excluding hydrogens is 252 g/mol. The van der Waals surface area contributed by atoms with Gasteiger partial charge in [-0.15, -0.1) is 12.4 Å². The highest BCUT2D eigenvalue weighted by atomic mass is 35.5. The van der Waals surface area contributed by atoms with E-state index in [4.69, 9.17) is 5.73 Å². The zero-order valence-electron chi connectivity index (χ0n) is 10.3. The van der Waals surface area contributed by atoms with Gasteiger partial charge in [-0.2, -0.15) is 5.10 Å². The summed E-state index contributed by atoms with van der Waals surface area (Å²) in [5.41, 5.74) is 7.34. The van der Waals surface area contributed by atoms with E-state index < -0.39 is 0 Å². The smallest absolute Gasteiger partial charge is 0.228 e. The zero-order chi connectivity index (χ0) is 12.4. The van der Waals surface area contributed by atoms with Gasteiger partial charge in [0.1, 0.15) is 0 Å². The van der Waals surface area contributed by atoms with Crippen molar-refractivity contribution in [3.63, 3.8) is 0 Å². The molecule has 1 aromatic carbocycles. The Morgan fingerprint density at radius 2 is 2.17 bits per heavy atom. The van der Waals surface area contributed by atoms with E-state index in [1.165, 1.54) is 0 Å². The number of amides is 1. The number of nitrogens with zero attached hydrogens (tertiary/aromatic N) is 1. The molecule has 0 saturated heterocycles. The standard InChI is InChI=1S/C12H16N4O.ClH/c1-7(8(2)13)12(17)15-10-4-3-9-6-14-16-11(9)5-10;/h3-8H,13H2,1-2H3,(H,14,16)(H,15,17);1H. The molecule has 98 valence electrons. The van der Waals surface area contributed by atoms with Crippen LogP contribution >= 0.6 is 12.4 Å². The van der Waals surface area contributed by atoms with Crippen LogP contribution in [0.4, 0.5) is 5.69 Å². The first kappa shape index (κ1) is 14.5. The Morgan fingerprint density at radius 3 is 2.83 bits per heavy atom. The van der Waals surface area contributed by atoms with Crippen LogP contribution in [-0.2, 0) is 4.79 Å². The summed E-state index contributed by atoms with van der Waals surface area (Å²) in [5, 5.41) is 10.6. The van der Waals surface area contributed by atoms with Crippen LogP contribution in [-0.4, -0.2) is 22.1 Å². The minimum Gasteiger partial charge on any atom is -0.327 e. The summed E-state index contributed by atoms with van der Waals surface area (Å²) in [4.78, 5) is 11.8. The Bertz CT molecular complexity index is 538. The number of benzene rings is 1. The highest BCUT2D eigenvalue weighted by Gasteiger charge is 2.17. The SMILES string of the molecule is CC(N)C(C)C(=O)Nc1ccc2cn[nH]c2c1.Cl. The first-order valence-electron chi connectivity index (χ1n) is 5.57. The minimum atomic E-state index is -0.215. The van der Waals surface area contributed by atoms with Gasteiger partial charge in [0.2, 0.25) is 5.91 Å². The molecule has 18 heavy (non-hydrogen) atoms. The first-order chi connectivity index (χ1) is 8.08. The summed E-state index contributed by atoms with van der Waals surface area (Å²) in [6.07, 6.45) is 1.74. The fourth-order valence-corrected chi connectivity index (χ4v) is 1.51. The molecule has 0 aliphatic heterocycles. The molecule has 0 radical (unpaired) electrons. The van der Waals surface area contributed by atoms with E-state index >= 15 is 0 Å². The van der Waals surface area contributed by atoms with Gasteiger partial charge in [-0.1, -0.05) is 6.92 Å². The lowest BCUT2D eigenvalue weighted by molar-refractivity contribution is -0.119. The lowest BCUT2D eigenvalue weighted by Crippen LogP contribution is -2.34. The number of anilines is 1. The zero-order valence-corrected chi connectivity index (χ0v) is 11.1. The topological polar surface area (TPSA) is 83.8 Å². The Morgan fingerprint density at radius 1 is 1.44 bits per heavy atom. The molecule has 0 aliphatic carbocycles. The van der Waals surface area contributed by atoms with Gasteiger partial charge in [-0.05, 0) is 25.1 Å². The third-order valence-electron chi connectivity index (χ3n) is 2.91. The van der Waals surface area contributed by atoms with Gasteiger partial charge in [0.15, 0.2) is 0 Å². The number of carbonyl (C=O) groups excluding carboxylic acids is 1. The molecule has 1 aromatic heterocycles. The van der Waals surface area contributed by atoms with E-state index in [0.29, 0.717) is 0 Å². The number of nitrogens with one attached hydrogen (secondary N) is 2. The molecule has 2 rings (SSSR count). The van der Waals surface area contributed by atoms with E-state index in [-0.39, 0.29) is 30.3 Å². The summed E-state index contributed by atoms with van der Waals surface area (Å²) in [6, 6.07) is 5.45. The largest absolute Gasteiger partial charge is 0.327 e. The van der Waals surface area contributed by atoms with Crippen LogP contribution in [0.2, 0.25) is 0 Å². The molecule has 5 nitrogen and oxygen atoms in total. The summed E-state index contributed by atoms with van der Waals surface area (Å²) in [7, 11) is 0. The number of nitrogens with two attached hydrogens (primary N) is 1. The normalized spacial score (nSPS) is 13.7. The number of aromatic nitrogens is 2. The molecule has 1 amide bonds. The quantitative estimate of drug-likeness (QED) is 0.795. The third-order valence-corrected chi connectivity index (χ3v) is 2.91. The average molecular weight is 269 g/mol. The molecule has 4 N–H and O–H groups in total. The van der Waals surface area contributed by atoms with Crippen molar-refractivity contribution in [1.82, 2.24) is 10.2 Å². The van der Waals surface area contributed by atoms with Crippen LogP contribution in [0.15, 0.2) is 24.4 Å². The number of hydrogen-bond donors (Lipinski definition) is 3. The van der Waals surface area contributed by atoms with Crippen molar-refractivity contribution >= 4 is 34.9 Å². The van der Waals surface area contributed by atoms with Gasteiger partial charge >= 0.3 is 0 Å². The number of rotatable bonds is 3. The Balaban J connectivity index is 0.00000162. The highest BCUT2D eigenvalue weighted by molar-refractivity contribution is 5.94. The van der Waals surface area contributed by atoms with E-state index in [1.807, 2.05) is 32.0 Å². The summed E-state index contributed by atoms with van der Waals surface area (Å²) in [6.45, 7) is 3.64. The minimum absolute atomic E-state index is 0. The molecule has 2 aromatic rings. The maximum absolute atomic E-state index is 11.8. The fourth-order valence-electron chi connectivity index (χ4n) is 1.51. The van der Waals surface area contributed by atoms with Crippen molar-refractivity contribution in [2.75, 3.05) is 5.32 Å². The maximum Gasteiger partial charge on any atom is 0.228 e. The van der Waals surface area contributed by atoms with Crippen LogP contribution in [0.5, 0.6) is 0 Å². The van der Waals surface area contributed by atoms with Crippen LogP contribution in [0.3, 0.4) is 0 Å².